The van der Waals surface area contributed by atoms with E-state index in [2.05, 4.69) is 0 Å². The minimum absolute atomic E-state index is 0.0613. The zero-order valence-electron chi connectivity index (χ0n) is 15.4. The minimum atomic E-state index is -0.282. The molecule has 0 aromatic heterocycles. The maximum Gasteiger partial charge on any atom is 0.169 e. The summed E-state index contributed by atoms with van der Waals surface area (Å²) < 4.78 is 22.6. The summed E-state index contributed by atoms with van der Waals surface area (Å²) >= 11 is 0. The highest BCUT2D eigenvalue weighted by Crippen LogP contribution is 2.52. The molecule has 2 aliphatic heterocycles. The van der Waals surface area contributed by atoms with Crippen molar-refractivity contribution in [1.29, 1.82) is 0 Å². The van der Waals surface area contributed by atoms with Gasteiger partial charge in [0.05, 0.1) is 32.5 Å². The molecule has 4 aliphatic carbocycles. The number of carbonyl (C=O) groups excluding carboxylic acids is 1. The van der Waals surface area contributed by atoms with Crippen LogP contribution in [-0.4, -0.2) is 55.0 Å². The van der Waals surface area contributed by atoms with Crippen molar-refractivity contribution in [3.05, 3.63) is 0 Å². The van der Waals surface area contributed by atoms with Crippen molar-refractivity contribution in [2.45, 2.75) is 69.0 Å². The van der Waals surface area contributed by atoms with E-state index in [1.54, 1.807) is 0 Å². The molecular weight excluding hydrogens is 336 g/mol. The Balaban J connectivity index is 0.000000115. The lowest BCUT2D eigenvalue weighted by molar-refractivity contribution is -0.156. The first kappa shape index (κ1) is 17.6. The zero-order chi connectivity index (χ0) is 17.8. The first-order valence-corrected chi connectivity index (χ1v) is 10.3. The van der Waals surface area contributed by atoms with E-state index in [4.69, 9.17) is 18.9 Å². The monoisotopic (exact) mass is 366 g/mol. The van der Waals surface area contributed by atoms with Gasteiger partial charge in [-0.1, -0.05) is 0 Å². The summed E-state index contributed by atoms with van der Waals surface area (Å²) in [7, 11) is 0. The van der Waals surface area contributed by atoms with E-state index >= 15 is 0 Å². The molecule has 26 heavy (non-hydrogen) atoms. The maximum atomic E-state index is 11.2. The number of aliphatic hydroxyl groups excluding tert-OH is 1. The fourth-order valence-corrected chi connectivity index (χ4v) is 6.39. The molecule has 6 rings (SSSR count). The molecule has 5 atom stereocenters. The number of fused-ring (bicyclic) bond motifs is 2. The average Bonchev–Trinajstić information content (AvgIpc) is 3.36. The van der Waals surface area contributed by atoms with Gasteiger partial charge in [-0.05, 0) is 36.5 Å². The first-order chi connectivity index (χ1) is 12.5. The summed E-state index contributed by atoms with van der Waals surface area (Å²) in [5, 5.41) is 9.48. The Morgan fingerprint density at radius 2 is 1.08 bits per heavy atom. The van der Waals surface area contributed by atoms with E-state index in [1.807, 2.05) is 0 Å². The van der Waals surface area contributed by atoms with Crippen molar-refractivity contribution in [1.82, 2.24) is 0 Å². The van der Waals surface area contributed by atoms with Crippen LogP contribution in [0.3, 0.4) is 0 Å². The fraction of sp³-hybridized carbons (Fsp3) is 0.950. The van der Waals surface area contributed by atoms with Gasteiger partial charge in [0.15, 0.2) is 11.6 Å². The Bertz CT molecular complexity index is 517. The lowest BCUT2D eigenvalue weighted by Gasteiger charge is -2.22. The topological polar surface area (TPSA) is 74.2 Å². The standard InChI is InChI=1S/C10H16O3.C10H14O3/c2*11-9-3-7-5-10(6-8(7)4-9)12-1-2-13-10/h7-9,11H,1-6H2;7-8H,1-6H2/t7-,8+,9?;7-,8+. The number of hydrogen-bond acceptors (Lipinski definition) is 6. The van der Waals surface area contributed by atoms with Gasteiger partial charge in [0, 0.05) is 38.5 Å². The lowest BCUT2D eigenvalue weighted by atomic mass is 10.0. The molecule has 2 saturated heterocycles. The largest absolute Gasteiger partial charge is 0.393 e. The van der Waals surface area contributed by atoms with Crippen molar-refractivity contribution < 1.29 is 28.8 Å². The Morgan fingerprint density at radius 1 is 0.692 bits per heavy atom. The molecule has 2 spiro atoms. The van der Waals surface area contributed by atoms with E-state index in [9.17, 15) is 9.90 Å². The van der Waals surface area contributed by atoms with Crippen LogP contribution in [-0.2, 0) is 23.7 Å². The van der Waals surface area contributed by atoms with Gasteiger partial charge in [0.25, 0.3) is 0 Å². The van der Waals surface area contributed by atoms with Crippen LogP contribution in [0.4, 0.5) is 0 Å². The SMILES string of the molecule is O=C1C[C@@H]2CC3(C[C@@H]2C1)OCCO3.OC1C[C@@H]2CC3(C[C@@H]2C1)OCCO3. The molecule has 0 aromatic rings. The number of hydrogen-bond donors (Lipinski definition) is 1. The van der Waals surface area contributed by atoms with Crippen molar-refractivity contribution in [3.8, 4) is 0 Å². The number of carbonyl (C=O) groups is 1. The van der Waals surface area contributed by atoms with Crippen molar-refractivity contribution >= 4 is 5.78 Å². The summed E-state index contributed by atoms with van der Waals surface area (Å²) in [4.78, 5) is 11.2. The van der Waals surface area contributed by atoms with Crippen LogP contribution in [0.15, 0.2) is 0 Å². The molecular formula is C20H30O6. The van der Waals surface area contributed by atoms with Crippen LogP contribution in [0, 0.1) is 23.7 Å². The number of Topliss-reactive ketones (excluding diaryl/α,β-unsaturated/α-hetero) is 1. The van der Waals surface area contributed by atoms with Crippen LogP contribution >= 0.6 is 0 Å². The summed E-state index contributed by atoms with van der Waals surface area (Å²) in [5.41, 5.74) is 0. The third-order valence-corrected chi connectivity index (χ3v) is 7.38. The molecule has 6 fully saturated rings. The number of rotatable bonds is 0. The highest BCUT2D eigenvalue weighted by atomic mass is 16.7. The molecule has 0 amide bonds. The van der Waals surface area contributed by atoms with Gasteiger partial charge >= 0.3 is 0 Å². The van der Waals surface area contributed by atoms with Gasteiger partial charge in [-0.3, -0.25) is 4.79 Å². The molecule has 6 aliphatic rings. The predicted octanol–water partition coefficient (Wildman–Crippen LogP) is 2.03. The van der Waals surface area contributed by atoms with Gasteiger partial charge in [0.1, 0.15) is 5.78 Å². The van der Waals surface area contributed by atoms with E-state index < -0.39 is 0 Å². The van der Waals surface area contributed by atoms with Gasteiger partial charge in [-0.2, -0.15) is 0 Å². The minimum Gasteiger partial charge on any atom is -0.393 e. The van der Waals surface area contributed by atoms with Gasteiger partial charge in [-0.15, -0.1) is 0 Å². The number of ether oxygens (including phenoxy) is 4. The third-order valence-electron chi connectivity index (χ3n) is 7.38. The number of ketones is 1. The Morgan fingerprint density at radius 3 is 1.50 bits per heavy atom. The highest BCUT2D eigenvalue weighted by Gasteiger charge is 2.53. The number of aliphatic hydroxyl groups is 1. The molecule has 0 radical (unpaired) electrons. The molecule has 1 N–H and O–H groups in total. The molecule has 1 unspecified atom stereocenters. The lowest BCUT2D eigenvalue weighted by Crippen LogP contribution is -2.27. The quantitative estimate of drug-likeness (QED) is 0.707. The Labute approximate surface area is 154 Å². The molecule has 6 heteroatoms. The normalized spacial score (nSPS) is 44.5. The molecule has 2 heterocycles. The molecule has 146 valence electrons. The fourth-order valence-electron chi connectivity index (χ4n) is 6.39. The maximum absolute atomic E-state index is 11.2. The second-order valence-electron chi connectivity index (χ2n) is 9.14. The molecule has 0 bridgehead atoms. The van der Waals surface area contributed by atoms with E-state index in [1.165, 1.54) is 0 Å². The first-order valence-electron chi connectivity index (χ1n) is 10.3. The summed E-state index contributed by atoms with van der Waals surface area (Å²) in [6.07, 6.45) is 7.29. The van der Waals surface area contributed by atoms with E-state index in [-0.39, 0.29) is 17.7 Å². The smallest absolute Gasteiger partial charge is 0.169 e. The van der Waals surface area contributed by atoms with Crippen LogP contribution in [0.1, 0.15) is 51.4 Å². The van der Waals surface area contributed by atoms with E-state index in [0.29, 0.717) is 29.5 Å². The molecule has 6 nitrogen and oxygen atoms in total. The Kier molecular flexibility index (Phi) is 4.40. The van der Waals surface area contributed by atoms with Gasteiger partial charge < -0.3 is 24.1 Å². The predicted molar refractivity (Wildman–Crippen MR) is 91.2 cm³/mol. The van der Waals surface area contributed by atoms with Crippen molar-refractivity contribution in [2.24, 2.45) is 23.7 Å². The van der Waals surface area contributed by atoms with Crippen molar-refractivity contribution in [3.63, 3.8) is 0 Å². The highest BCUT2D eigenvalue weighted by molar-refractivity contribution is 5.81. The molecule has 4 saturated carbocycles. The van der Waals surface area contributed by atoms with Crippen LogP contribution in [0.5, 0.6) is 0 Å². The average molecular weight is 366 g/mol. The van der Waals surface area contributed by atoms with Crippen LogP contribution in [0.2, 0.25) is 0 Å². The summed E-state index contributed by atoms with van der Waals surface area (Å²) in [6.45, 7) is 2.96. The zero-order valence-corrected chi connectivity index (χ0v) is 15.4. The third kappa shape index (κ3) is 3.14. The van der Waals surface area contributed by atoms with Crippen LogP contribution < -0.4 is 0 Å². The Hall–Kier alpha value is -0.530. The van der Waals surface area contributed by atoms with Crippen molar-refractivity contribution in [2.75, 3.05) is 26.4 Å². The summed E-state index contributed by atoms with van der Waals surface area (Å²) in [5.74, 6) is 2.30. The summed E-state index contributed by atoms with van der Waals surface area (Å²) in [6, 6.07) is 0. The molecule has 0 aromatic carbocycles. The van der Waals surface area contributed by atoms with Gasteiger partial charge in [0.2, 0.25) is 0 Å². The van der Waals surface area contributed by atoms with E-state index in [0.717, 1.165) is 77.8 Å². The second-order valence-corrected chi connectivity index (χ2v) is 9.14. The second kappa shape index (κ2) is 6.52. The van der Waals surface area contributed by atoms with Gasteiger partial charge in [-0.25, -0.2) is 0 Å². The van der Waals surface area contributed by atoms with Crippen LogP contribution in [0.25, 0.3) is 0 Å².